The molecule has 2 aromatic rings. The van der Waals surface area contributed by atoms with Crippen LogP contribution >= 0.6 is 0 Å². The average molecular weight is 340 g/mol. The Morgan fingerprint density at radius 2 is 1.96 bits per heavy atom. The number of aryl methyl sites for hydroxylation is 1. The first kappa shape index (κ1) is 16.0. The first-order valence-corrected chi connectivity index (χ1v) is 6.87. The molecule has 0 amide bonds. The third-order valence-corrected chi connectivity index (χ3v) is 3.69. The van der Waals surface area contributed by atoms with E-state index < -0.39 is 23.8 Å². The number of fused-ring (bicyclic) bond motifs is 1. The molecule has 1 aliphatic heterocycles. The fraction of sp³-hybridized carbons (Fsp3) is 0.267. The summed E-state index contributed by atoms with van der Waals surface area (Å²) in [5.74, 6) is -2.10. The molecule has 1 aromatic heterocycles. The van der Waals surface area contributed by atoms with E-state index in [1.165, 1.54) is 7.05 Å². The number of carboxylic acids is 1. The number of hydrogen-bond acceptors (Lipinski definition) is 4. The summed E-state index contributed by atoms with van der Waals surface area (Å²) in [5, 5.41) is 12.6. The van der Waals surface area contributed by atoms with Crippen molar-refractivity contribution in [2.45, 2.75) is 12.6 Å². The molecule has 0 aliphatic carbocycles. The summed E-state index contributed by atoms with van der Waals surface area (Å²) < 4.78 is 45.6. The molecule has 1 aromatic carbocycles. The van der Waals surface area contributed by atoms with Crippen molar-refractivity contribution in [3.8, 4) is 11.1 Å². The summed E-state index contributed by atoms with van der Waals surface area (Å²) in [5.41, 5.74) is -1.36. The van der Waals surface area contributed by atoms with Gasteiger partial charge in [-0.1, -0.05) is 0 Å². The third-order valence-electron chi connectivity index (χ3n) is 3.69. The Labute approximate surface area is 133 Å². The van der Waals surface area contributed by atoms with E-state index in [1.54, 1.807) is 0 Å². The number of carbonyl (C=O) groups excluding carboxylic acids is 1. The number of aromatic carboxylic acids is 1. The number of benzene rings is 1. The minimum absolute atomic E-state index is 0.0207. The van der Waals surface area contributed by atoms with Crippen molar-refractivity contribution in [1.82, 2.24) is 9.78 Å². The number of alkyl halides is 3. The lowest BCUT2D eigenvalue weighted by Gasteiger charge is -2.20. The third kappa shape index (κ3) is 2.61. The number of esters is 1. The van der Waals surface area contributed by atoms with E-state index in [9.17, 15) is 27.9 Å². The first-order valence-electron chi connectivity index (χ1n) is 6.87. The molecule has 24 heavy (non-hydrogen) atoms. The van der Waals surface area contributed by atoms with Gasteiger partial charge in [0.2, 0.25) is 0 Å². The summed E-state index contributed by atoms with van der Waals surface area (Å²) in [6.07, 6.45) is -3.36. The van der Waals surface area contributed by atoms with Gasteiger partial charge < -0.3 is 9.84 Å². The van der Waals surface area contributed by atoms with E-state index >= 15 is 0 Å². The molecule has 6 nitrogen and oxygen atoms in total. The fourth-order valence-electron chi connectivity index (χ4n) is 2.71. The van der Waals surface area contributed by atoms with E-state index in [0.29, 0.717) is 5.56 Å². The highest BCUT2D eigenvalue weighted by Crippen LogP contribution is 2.39. The van der Waals surface area contributed by atoms with E-state index in [-0.39, 0.29) is 35.3 Å². The SMILES string of the molecule is Cn1cc(-c2cc(C(=O)O)cc3c2CCOC3=O)c(C(F)(F)F)n1. The van der Waals surface area contributed by atoms with E-state index in [2.05, 4.69) is 5.10 Å². The van der Waals surface area contributed by atoms with Crippen LogP contribution in [0.1, 0.15) is 32.0 Å². The maximum atomic E-state index is 13.2. The van der Waals surface area contributed by atoms with Gasteiger partial charge in [0, 0.05) is 25.2 Å². The van der Waals surface area contributed by atoms with E-state index in [0.717, 1.165) is 23.0 Å². The number of cyclic esters (lactones) is 1. The van der Waals surface area contributed by atoms with Crippen LogP contribution in [0.3, 0.4) is 0 Å². The molecule has 0 spiro atoms. The lowest BCUT2D eigenvalue weighted by molar-refractivity contribution is -0.140. The summed E-state index contributed by atoms with van der Waals surface area (Å²) in [6.45, 7) is 0.0207. The normalized spacial score (nSPS) is 14.2. The molecule has 0 radical (unpaired) electrons. The van der Waals surface area contributed by atoms with Crippen LogP contribution in [-0.2, 0) is 24.4 Å². The molecule has 0 saturated heterocycles. The van der Waals surface area contributed by atoms with Crippen molar-refractivity contribution >= 4 is 11.9 Å². The second-order valence-electron chi connectivity index (χ2n) is 5.30. The number of nitrogens with zero attached hydrogens (tertiary/aromatic N) is 2. The highest BCUT2D eigenvalue weighted by atomic mass is 19.4. The Morgan fingerprint density at radius 1 is 1.29 bits per heavy atom. The smallest absolute Gasteiger partial charge is 0.435 e. The minimum atomic E-state index is -4.71. The lowest BCUT2D eigenvalue weighted by atomic mass is 9.90. The summed E-state index contributed by atoms with van der Waals surface area (Å²) >= 11 is 0. The molecular formula is C15H11F3N2O4. The molecule has 1 aliphatic rings. The van der Waals surface area contributed by atoms with Crippen molar-refractivity contribution in [1.29, 1.82) is 0 Å². The highest BCUT2D eigenvalue weighted by Gasteiger charge is 2.38. The molecule has 0 atom stereocenters. The van der Waals surface area contributed by atoms with Crippen LogP contribution in [0.5, 0.6) is 0 Å². The van der Waals surface area contributed by atoms with Gasteiger partial charge in [0.25, 0.3) is 0 Å². The van der Waals surface area contributed by atoms with Crippen LogP contribution in [0.4, 0.5) is 13.2 Å². The molecule has 1 N–H and O–H groups in total. The predicted octanol–water partition coefficient (Wildman–Crippen LogP) is 2.52. The predicted molar refractivity (Wildman–Crippen MR) is 74.6 cm³/mol. The lowest BCUT2D eigenvalue weighted by Crippen LogP contribution is -2.20. The number of halogens is 3. The zero-order valence-electron chi connectivity index (χ0n) is 12.3. The maximum absolute atomic E-state index is 13.2. The standard InChI is InChI=1S/C15H11F3N2O4/c1-20-6-11(12(19-20)15(16,17)18)9-4-7(13(21)22)5-10-8(9)2-3-24-14(10)23/h4-6H,2-3H2,1H3,(H,21,22). The number of hydrogen-bond donors (Lipinski definition) is 1. The quantitative estimate of drug-likeness (QED) is 0.850. The Bertz CT molecular complexity index is 855. The molecule has 9 heteroatoms. The monoisotopic (exact) mass is 340 g/mol. The first-order chi connectivity index (χ1) is 11.2. The average Bonchev–Trinajstić information content (AvgIpc) is 2.88. The van der Waals surface area contributed by atoms with Crippen LogP contribution in [0.15, 0.2) is 18.3 Å². The zero-order valence-corrected chi connectivity index (χ0v) is 12.3. The number of aromatic nitrogens is 2. The van der Waals surface area contributed by atoms with Crippen LogP contribution in [0.25, 0.3) is 11.1 Å². The second-order valence-corrected chi connectivity index (χ2v) is 5.30. The number of ether oxygens (including phenoxy) is 1. The molecular weight excluding hydrogens is 329 g/mol. The van der Waals surface area contributed by atoms with Crippen LogP contribution in [-0.4, -0.2) is 33.4 Å². The van der Waals surface area contributed by atoms with Crippen LogP contribution in [0, 0.1) is 0 Å². The van der Waals surface area contributed by atoms with Crippen molar-refractivity contribution in [3.05, 3.63) is 40.7 Å². The Kier molecular flexibility index (Phi) is 3.58. The van der Waals surface area contributed by atoms with Gasteiger partial charge in [0.1, 0.15) is 0 Å². The molecule has 0 saturated carbocycles. The summed E-state index contributed by atoms with van der Waals surface area (Å²) in [7, 11) is 1.33. The largest absolute Gasteiger partial charge is 0.478 e. The Morgan fingerprint density at radius 3 is 2.58 bits per heavy atom. The Balaban J connectivity index is 2.33. The molecule has 0 bridgehead atoms. The molecule has 0 unspecified atom stereocenters. The van der Waals surface area contributed by atoms with E-state index in [1.807, 2.05) is 0 Å². The van der Waals surface area contributed by atoms with Crippen molar-refractivity contribution < 1.29 is 32.6 Å². The van der Waals surface area contributed by atoms with Gasteiger partial charge in [-0.2, -0.15) is 18.3 Å². The van der Waals surface area contributed by atoms with Crippen molar-refractivity contribution in [3.63, 3.8) is 0 Å². The topological polar surface area (TPSA) is 81.4 Å². The van der Waals surface area contributed by atoms with Crippen LogP contribution < -0.4 is 0 Å². The van der Waals surface area contributed by atoms with Gasteiger partial charge in [-0.25, -0.2) is 9.59 Å². The summed E-state index contributed by atoms with van der Waals surface area (Å²) in [4.78, 5) is 23.1. The maximum Gasteiger partial charge on any atom is 0.435 e. The van der Waals surface area contributed by atoms with Gasteiger partial charge in [-0.05, 0) is 23.3 Å². The molecule has 126 valence electrons. The van der Waals surface area contributed by atoms with Crippen LogP contribution in [0.2, 0.25) is 0 Å². The van der Waals surface area contributed by atoms with Gasteiger partial charge >= 0.3 is 18.1 Å². The van der Waals surface area contributed by atoms with Gasteiger partial charge in [-0.15, -0.1) is 0 Å². The van der Waals surface area contributed by atoms with Gasteiger partial charge in [-0.3, -0.25) is 4.68 Å². The van der Waals surface area contributed by atoms with Crippen molar-refractivity contribution in [2.24, 2.45) is 7.05 Å². The second kappa shape index (κ2) is 5.36. The Hall–Kier alpha value is -2.84. The number of carboxylic acid groups (broad SMARTS) is 1. The highest BCUT2D eigenvalue weighted by molar-refractivity contribution is 5.99. The fourth-order valence-corrected chi connectivity index (χ4v) is 2.71. The molecule has 0 fully saturated rings. The molecule has 2 heterocycles. The molecule has 3 rings (SSSR count). The summed E-state index contributed by atoms with van der Waals surface area (Å²) in [6, 6.07) is 2.25. The van der Waals surface area contributed by atoms with E-state index in [4.69, 9.17) is 4.74 Å². The minimum Gasteiger partial charge on any atom is -0.478 e. The van der Waals surface area contributed by atoms with Gasteiger partial charge in [0.05, 0.1) is 17.7 Å². The number of rotatable bonds is 2. The van der Waals surface area contributed by atoms with Crippen molar-refractivity contribution in [2.75, 3.05) is 6.61 Å². The zero-order chi connectivity index (χ0) is 17.6. The number of carbonyl (C=O) groups is 2. The van der Waals surface area contributed by atoms with Gasteiger partial charge in [0.15, 0.2) is 5.69 Å².